The van der Waals surface area contributed by atoms with Gasteiger partial charge in [0.15, 0.2) is 0 Å². The number of nitrogens with zero attached hydrogens (tertiary/aromatic N) is 4. The van der Waals surface area contributed by atoms with Crippen molar-refractivity contribution in [1.82, 2.24) is 14.1 Å². The van der Waals surface area contributed by atoms with Crippen molar-refractivity contribution in [2.75, 3.05) is 0 Å². The third-order valence-corrected chi connectivity index (χ3v) is 13.2. The number of aromatic nitrogens is 4. The fourth-order valence-electron chi connectivity index (χ4n) is 9.22. The molecule has 0 amide bonds. The van der Waals surface area contributed by atoms with Crippen molar-refractivity contribution in [2.24, 2.45) is 0 Å². The van der Waals surface area contributed by atoms with E-state index in [1.165, 1.54) is 34.5 Å². The summed E-state index contributed by atoms with van der Waals surface area (Å²) in [7, 11) is 0. The molecule has 0 saturated carbocycles. The Balaban J connectivity index is 0.00000757. The van der Waals surface area contributed by atoms with Crippen LogP contribution in [0.1, 0.15) is 122 Å². The van der Waals surface area contributed by atoms with Crippen molar-refractivity contribution in [3.63, 3.8) is 0 Å². The van der Waals surface area contributed by atoms with Crippen molar-refractivity contribution in [2.45, 2.75) is 112 Å². The predicted octanol–water partition coefficient (Wildman–Crippen LogP) is 16.4. The van der Waals surface area contributed by atoms with E-state index in [0.29, 0.717) is 22.7 Å². The van der Waals surface area contributed by atoms with Gasteiger partial charge in [-0.3, -0.25) is 4.57 Å². The van der Waals surface area contributed by atoms with E-state index in [1.54, 1.807) is 4.57 Å². The summed E-state index contributed by atoms with van der Waals surface area (Å²) in [5, 5.41) is 1.67. The summed E-state index contributed by atoms with van der Waals surface area (Å²) >= 11 is 0. The number of fused-ring (bicyclic) bond motifs is 4. The zero-order valence-corrected chi connectivity index (χ0v) is 44.8. The second kappa shape index (κ2) is 18.2. The van der Waals surface area contributed by atoms with Gasteiger partial charge in [-0.1, -0.05) is 192 Å². The summed E-state index contributed by atoms with van der Waals surface area (Å²) in [6.07, 6.45) is 5.11. The molecule has 0 N–H and O–H groups in total. The minimum atomic E-state index is -2.75. The van der Waals surface area contributed by atoms with Crippen molar-refractivity contribution in [3.8, 4) is 50.9 Å². The van der Waals surface area contributed by atoms with Crippen LogP contribution in [0.15, 0.2) is 152 Å². The van der Waals surface area contributed by atoms with Crippen LogP contribution in [0.25, 0.3) is 72.3 Å². The molecule has 0 aliphatic carbocycles. The van der Waals surface area contributed by atoms with Crippen LogP contribution in [0, 0.1) is 25.3 Å². The van der Waals surface area contributed by atoms with E-state index in [0.717, 1.165) is 44.1 Å². The van der Waals surface area contributed by atoms with Crippen molar-refractivity contribution in [3.05, 3.63) is 198 Å². The van der Waals surface area contributed by atoms with Crippen LogP contribution >= 0.6 is 0 Å². The maximum absolute atomic E-state index is 8.65. The maximum Gasteiger partial charge on any atom is 0.268 e. The van der Waals surface area contributed by atoms with Crippen LogP contribution < -0.4 is 9.30 Å². The van der Waals surface area contributed by atoms with Crippen molar-refractivity contribution < 1.29 is 41.3 Å². The Labute approximate surface area is 446 Å². The first kappa shape index (κ1) is 40.1. The van der Waals surface area contributed by atoms with Crippen LogP contribution in [0.4, 0.5) is 0 Å². The Bertz CT molecular complexity index is 3990. The van der Waals surface area contributed by atoms with E-state index in [4.69, 9.17) is 20.7 Å². The fraction of sp³-hybridized carbons (Fsp3) is 0.262. The van der Waals surface area contributed by atoms with Gasteiger partial charge in [0.05, 0.1) is 23.6 Å². The Hall–Kier alpha value is -6.55. The third-order valence-electron chi connectivity index (χ3n) is 13.2. The minimum Gasteiger partial charge on any atom is -0.510 e. The van der Waals surface area contributed by atoms with Gasteiger partial charge >= 0.3 is 0 Å². The first-order chi connectivity index (χ1) is 36.4. The van der Waals surface area contributed by atoms with Gasteiger partial charge < -0.3 is 13.9 Å². The van der Waals surface area contributed by atoms with Gasteiger partial charge in [0.1, 0.15) is 5.82 Å². The molecule has 71 heavy (non-hydrogen) atoms. The molecule has 0 unspecified atom stereocenters. The molecule has 0 spiro atoms. The molecule has 0 saturated heterocycles. The van der Waals surface area contributed by atoms with Crippen LogP contribution in [0.2, 0.25) is 0 Å². The van der Waals surface area contributed by atoms with Gasteiger partial charge in [0.2, 0.25) is 0 Å². The number of benzene rings is 7. The van der Waals surface area contributed by atoms with E-state index < -0.39 is 37.1 Å². The molecule has 7 aromatic carbocycles. The number of hydrogen-bond donors (Lipinski definition) is 0. The standard InChI is InChI=1S/C65H64N4O.Pt/c1-42-32-60(66-40-54(42)43-22-15-14-16-23-43)69-56-27-18-17-26-51(56)52-31-30-50(39-59(52)69)70-49-25-21-24-48(38-49)67-41-68(58-29-20-19-28-57(58)67)61-53(36-47(64(8,9)10)37-55(61)65(11,12)13)44-33-45(62(2,3)4)35-46(34-44)63(5,6)7;/h14-37,40H,1-13H3;/q-2;/i1D3,14D,15D,16D,22D,23D;. The van der Waals surface area contributed by atoms with Crippen molar-refractivity contribution in [1.29, 1.82) is 0 Å². The number of imidazole rings is 1. The number of aryl methyl sites for hydroxylation is 1. The fourth-order valence-corrected chi connectivity index (χ4v) is 9.22. The molecule has 5 nitrogen and oxygen atoms in total. The predicted molar refractivity (Wildman–Crippen MR) is 290 cm³/mol. The number of hydrogen-bond acceptors (Lipinski definition) is 2. The summed E-state index contributed by atoms with van der Waals surface area (Å²) in [6.45, 7) is 24.6. The Morgan fingerprint density at radius 1 is 0.592 bits per heavy atom. The topological polar surface area (TPSA) is 35.9 Å². The van der Waals surface area contributed by atoms with Crippen LogP contribution in [0.3, 0.4) is 0 Å². The molecule has 0 atom stereocenters. The van der Waals surface area contributed by atoms with E-state index >= 15 is 0 Å². The van der Waals surface area contributed by atoms with E-state index in [1.807, 2.05) is 65.2 Å². The molecular formula is C65H64N4OPt-2. The quantitative estimate of drug-likeness (QED) is 0.118. The second-order valence-electron chi connectivity index (χ2n) is 22.5. The Morgan fingerprint density at radius 2 is 1.24 bits per heavy atom. The van der Waals surface area contributed by atoms with Crippen LogP contribution in [-0.4, -0.2) is 14.1 Å². The molecule has 10 aromatic rings. The van der Waals surface area contributed by atoms with Gasteiger partial charge in [0, 0.05) is 54.0 Å². The maximum atomic E-state index is 8.65. The molecule has 0 fully saturated rings. The molecule has 3 heterocycles. The van der Waals surface area contributed by atoms with Gasteiger partial charge in [-0.25, -0.2) is 4.98 Å². The summed E-state index contributed by atoms with van der Waals surface area (Å²) in [4.78, 5) is 4.73. The Morgan fingerprint density at radius 3 is 1.92 bits per heavy atom. The largest absolute Gasteiger partial charge is 0.510 e. The molecule has 0 bridgehead atoms. The second-order valence-corrected chi connectivity index (χ2v) is 22.5. The van der Waals surface area contributed by atoms with E-state index in [9.17, 15) is 0 Å². The van der Waals surface area contributed by atoms with Gasteiger partial charge in [-0.15, -0.1) is 29.7 Å². The smallest absolute Gasteiger partial charge is 0.268 e. The zero-order valence-electron chi connectivity index (χ0n) is 50.6. The molecule has 3 aromatic heterocycles. The third kappa shape index (κ3) is 9.42. The number of para-hydroxylation sites is 3. The van der Waals surface area contributed by atoms with Crippen molar-refractivity contribution >= 4 is 32.8 Å². The van der Waals surface area contributed by atoms with E-state index in [2.05, 4.69) is 155 Å². The molecule has 10 rings (SSSR count). The van der Waals surface area contributed by atoms with E-state index in [-0.39, 0.29) is 65.2 Å². The Kier molecular flexibility index (Phi) is 10.3. The van der Waals surface area contributed by atoms with Crippen LogP contribution in [0.5, 0.6) is 11.5 Å². The molecule has 6 heteroatoms. The normalized spacial score (nSPS) is 14.3. The zero-order chi connectivity index (χ0) is 56.3. The average Bonchev–Trinajstić information content (AvgIpc) is 4.15. The number of ether oxygens (including phenoxy) is 1. The number of rotatable bonds is 7. The molecular weight excluding hydrogens is 1050 g/mol. The monoisotopic (exact) mass is 1120 g/mol. The molecule has 0 radical (unpaired) electrons. The van der Waals surface area contributed by atoms with Gasteiger partial charge in [-0.05, 0) is 96.2 Å². The summed E-state index contributed by atoms with van der Waals surface area (Å²) in [5.74, 6) is 1.03. The van der Waals surface area contributed by atoms with Gasteiger partial charge in [0.25, 0.3) is 6.33 Å². The molecule has 362 valence electrons. The molecule has 0 aliphatic rings. The number of pyridine rings is 1. The summed E-state index contributed by atoms with van der Waals surface area (Å²) in [6, 6.07) is 43.1. The minimum absolute atomic E-state index is 0. The first-order valence-corrected chi connectivity index (χ1v) is 24.0. The average molecular weight is 1120 g/mol. The van der Waals surface area contributed by atoms with Gasteiger partial charge in [-0.2, -0.15) is 18.2 Å². The summed E-state index contributed by atoms with van der Waals surface area (Å²) in [5.41, 5.74) is 11.1. The first-order valence-electron chi connectivity index (χ1n) is 28.0. The SMILES string of the molecule is [2H]c1c([2H])c([2H])c(-c2cnc(-n3c4[c-]c(Oc5[c-]c(-n6[c-][n+](-c7c(-c8cc(C(C)(C)C)cc(C(C)(C)C)c8)cc(C(C)(C)C)cc7C(C)(C)C)c7ccccc76)ccc5)ccc4c4ccccc43)cc2C([2H])([2H])[2H])c([2H])c1[2H].[Pt]. The van der Waals surface area contributed by atoms with Crippen LogP contribution in [-0.2, 0) is 42.7 Å². The molecule has 0 aliphatic heterocycles. The summed E-state index contributed by atoms with van der Waals surface area (Å²) < 4.78 is 80.5.